The van der Waals surface area contributed by atoms with E-state index in [1.165, 1.54) is 0 Å². The maximum Gasteiger partial charge on any atom is 0.253 e. The summed E-state index contributed by atoms with van der Waals surface area (Å²) in [5, 5.41) is 7.31. The van der Waals surface area contributed by atoms with Gasteiger partial charge < -0.3 is 9.64 Å². The molecule has 1 aliphatic rings. The second kappa shape index (κ2) is 7.57. The molecule has 7 heteroatoms. The van der Waals surface area contributed by atoms with Crippen LogP contribution in [-0.4, -0.2) is 50.7 Å². The molecule has 0 aliphatic carbocycles. The highest BCUT2D eigenvalue weighted by Crippen LogP contribution is 2.29. The lowest BCUT2D eigenvalue weighted by atomic mass is 9.94. The number of hydrogen-bond donors (Lipinski definition) is 1. The third-order valence-corrected chi connectivity index (χ3v) is 4.80. The van der Waals surface area contributed by atoms with Crippen molar-refractivity contribution in [2.45, 2.75) is 18.8 Å². The van der Waals surface area contributed by atoms with E-state index in [9.17, 15) is 4.79 Å². The van der Waals surface area contributed by atoms with Crippen LogP contribution in [0.4, 0.5) is 0 Å². The number of fused-ring (bicyclic) bond motifs is 1. The van der Waals surface area contributed by atoms with Gasteiger partial charge in [0.15, 0.2) is 5.65 Å². The number of piperidine rings is 1. The highest BCUT2D eigenvalue weighted by atomic mass is 16.5. The van der Waals surface area contributed by atoms with Crippen LogP contribution >= 0.6 is 0 Å². The number of carbonyl (C=O) groups is 1. The average Bonchev–Trinajstić information content (AvgIpc) is 3.16. The third-order valence-electron chi connectivity index (χ3n) is 4.80. The summed E-state index contributed by atoms with van der Waals surface area (Å²) in [6, 6.07) is 7.25. The largest absolute Gasteiger partial charge is 0.490 e. The molecule has 1 N–H and O–H groups in total. The molecule has 1 aromatic carbocycles. The van der Waals surface area contributed by atoms with E-state index in [0.29, 0.717) is 24.4 Å². The minimum absolute atomic E-state index is 0.0323. The molecule has 0 radical (unpaired) electrons. The Morgan fingerprint density at radius 1 is 1.30 bits per heavy atom. The maximum absolute atomic E-state index is 12.9. The number of nitrogens with zero attached hydrogens (tertiary/aromatic N) is 4. The number of benzene rings is 1. The molecule has 7 nitrogen and oxygen atoms in total. The summed E-state index contributed by atoms with van der Waals surface area (Å²) < 4.78 is 5.48. The molecule has 1 aliphatic heterocycles. The zero-order valence-corrected chi connectivity index (χ0v) is 15.0. The summed E-state index contributed by atoms with van der Waals surface area (Å²) in [5.41, 5.74) is 3.03. The van der Waals surface area contributed by atoms with Gasteiger partial charge in [0.25, 0.3) is 5.91 Å². The van der Waals surface area contributed by atoms with Crippen molar-refractivity contribution in [3.63, 3.8) is 0 Å². The Hall–Kier alpha value is -3.22. The number of likely N-dealkylation sites (tertiary alicyclic amines) is 1. The van der Waals surface area contributed by atoms with Crippen molar-refractivity contribution < 1.29 is 9.53 Å². The van der Waals surface area contributed by atoms with Crippen LogP contribution in [0.1, 0.15) is 34.8 Å². The minimum Gasteiger partial charge on any atom is -0.490 e. The van der Waals surface area contributed by atoms with Gasteiger partial charge >= 0.3 is 0 Å². The molecule has 0 unspecified atom stereocenters. The Morgan fingerprint density at radius 2 is 2.11 bits per heavy atom. The van der Waals surface area contributed by atoms with E-state index in [2.05, 4.69) is 26.7 Å². The Kier molecular flexibility index (Phi) is 4.82. The van der Waals surface area contributed by atoms with Crippen LogP contribution in [-0.2, 0) is 0 Å². The second-order valence-corrected chi connectivity index (χ2v) is 6.58. The van der Waals surface area contributed by atoms with Gasteiger partial charge in [0.05, 0.1) is 5.69 Å². The van der Waals surface area contributed by atoms with E-state index in [4.69, 9.17) is 4.74 Å². The summed E-state index contributed by atoms with van der Waals surface area (Å²) in [6.45, 7) is 5.47. The van der Waals surface area contributed by atoms with E-state index in [1.807, 2.05) is 17.0 Å². The van der Waals surface area contributed by atoms with Crippen LogP contribution in [0.3, 0.4) is 0 Å². The summed E-state index contributed by atoms with van der Waals surface area (Å²) in [5.74, 6) is 0.940. The van der Waals surface area contributed by atoms with E-state index in [0.717, 1.165) is 36.3 Å². The molecular weight excluding hydrogens is 342 g/mol. The maximum atomic E-state index is 12.9. The summed E-state index contributed by atoms with van der Waals surface area (Å²) in [7, 11) is 0. The van der Waals surface area contributed by atoms with Crippen molar-refractivity contribution in [2.75, 3.05) is 19.7 Å². The van der Waals surface area contributed by atoms with Gasteiger partial charge in [0, 0.05) is 37.0 Å². The number of aromatic amines is 1. The number of rotatable bonds is 5. The Bertz CT molecular complexity index is 950. The molecule has 0 saturated carbocycles. The smallest absolute Gasteiger partial charge is 0.253 e. The zero-order chi connectivity index (χ0) is 18.6. The first-order chi connectivity index (χ1) is 13.3. The molecule has 0 spiro atoms. The van der Waals surface area contributed by atoms with Gasteiger partial charge in [-0.25, -0.2) is 9.97 Å². The number of nitrogens with one attached hydrogen (secondary N) is 1. The summed E-state index contributed by atoms with van der Waals surface area (Å²) >= 11 is 0. The first-order valence-corrected chi connectivity index (χ1v) is 9.04. The molecule has 1 atom stereocenters. The molecule has 1 saturated heterocycles. The predicted octanol–water partition coefficient (Wildman–Crippen LogP) is 2.94. The summed E-state index contributed by atoms with van der Waals surface area (Å²) in [6.07, 6.45) is 6.93. The molecule has 27 heavy (non-hydrogen) atoms. The van der Waals surface area contributed by atoms with E-state index in [-0.39, 0.29) is 11.8 Å². The monoisotopic (exact) mass is 363 g/mol. The zero-order valence-electron chi connectivity index (χ0n) is 15.0. The predicted molar refractivity (Wildman–Crippen MR) is 102 cm³/mol. The van der Waals surface area contributed by atoms with Crippen LogP contribution in [0.25, 0.3) is 11.2 Å². The molecule has 3 aromatic rings. The Labute approximate surface area is 157 Å². The fourth-order valence-corrected chi connectivity index (χ4v) is 3.48. The molecule has 2 aromatic heterocycles. The highest BCUT2D eigenvalue weighted by Gasteiger charge is 2.28. The van der Waals surface area contributed by atoms with Gasteiger partial charge in [0.1, 0.15) is 17.9 Å². The molecule has 4 rings (SSSR count). The third kappa shape index (κ3) is 3.53. The van der Waals surface area contributed by atoms with Gasteiger partial charge in [0.2, 0.25) is 0 Å². The van der Waals surface area contributed by atoms with Gasteiger partial charge in [-0.15, -0.1) is 0 Å². The van der Waals surface area contributed by atoms with Gasteiger partial charge in [-0.1, -0.05) is 12.7 Å². The van der Waals surface area contributed by atoms with Gasteiger partial charge in [-0.2, -0.15) is 5.10 Å². The van der Waals surface area contributed by atoms with Crippen molar-refractivity contribution >= 4 is 17.1 Å². The molecule has 1 amide bonds. The number of ether oxygens (including phenoxy) is 1. The number of amides is 1. The fourth-order valence-electron chi connectivity index (χ4n) is 3.48. The molecule has 0 bridgehead atoms. The van der Waals surface area contributed by atoms with E-state index in [1.54, 1.807) is 30.6 Å². The van der Waals surface area contributed by atoms with Gasteiger partial charge in [-0.3, -0.25) is 9.89 Å². The normalized spacial score (nSPS) is 17.0. The van der Waals surface area contributed by atoms with Gasteiger partial charge in [-0.05, 0) is 37.1 Å². The highest BCUT2D eigenvalue weighted by molar-refractivity contribution is 5.94. The summed E-state index contributed by atoms with van der Waals surface area (Å²) in [4.78, 5) is 23.4. The van der Waals surface area contributed by atoms with Crippen LogP contribution in [0.15, 0.2) is 49.3 Å². The second-order valence-electron chi connectivity index (χ2n) is 6.58. The average molecular weight is 363 g/mol. The molecular formula is C20H21N5O2. The number of H-pyrrole nitrogens is 1. The lowest BCUT2D eigenvalue weighted by Crippen LogP contribution is -2.39. The number of hydrogen-bond acceptors (Lipinski definition) is 5. The van der Waals surface area contributed by atoms with E-state index < -0.39 is 0 Å². The molecule has 1 fully saturated rings. The Morgan fingerprint density at radius 3 is 2.93 bits per heavy atom. The number of carbonyl (C=O) groups excluding carboxylic acids is 1. The van der Waals surface area contributed by atoms with Crippen molar-refractivity contribution in [1.29, 1.82) is 0 Å². The van der Waals surface area contributed by atoms with Crippen molar-refractivity contribution in [1.82, 2.24) is 25.1 Å². The fraction of sp³-hybridized carbons (Fsp3) is 0.300. The van der Waals surface area contributed by atoms with Crippen molar-refractivity contribution in [3.05, 3.63) is 60.6 Å². The van der Waals surface area contributed by atoms with E-state index >= 15 is 0 Å². The number of aromatic nitrogens is 4. The first kappa shape index (κ1) is 17.2. The lowest BCUT2D eigenvalue weighted by Gasteiger charge is -2.32. The first-order valence-electron chi connectivity index (χ1n) is 9.04. The molecule has 3 heterocycles. The van der Waals surface area contributed by atoms with Crippen molar-refractivity contribution in [2.24, 2.45) is 0 Å². The Balaban J connectivity index is 1.49. The topological polar surface area (TPSA) is 84.0 Å². The van der Waals surface area contributed by atoms with Crippen LogP contribution < -0.4 is 4.74 Å². The SMILES string of the molecule is C=CCOc1ccc(C(=O)N2CCC[C@H](c3[nH]nc4nccnc34)C2)cc1. The molecule has 138 valence electrons. The standard InChI is InChI=1S/C20H21N5O2/c1-2-12-27-16-7-5-14(6-8-16)20(26)25-11-3-4-15(13-25)17-18-19(24-23-17)22-10-9-21-18/h2,5-10,15H,1,3-4,11-13H2,(H,22,23,24)/t15-/m0/s1. The lowest BCUT2D eigenvalue weighted by molar-refractivity contribution is 0.0706. The van der Waals surface area contributed by atoms with Crippen LogP contribution in [0.5, 0.6) is 5.75 Å². The minimum atomic E-state index is 0.0323. The van der Waals surface area contributed by atoms with Crippen LogP contribution in [0.2, 0.25) is 0 Å². The van der Waals surface area contributed by atoms with Crippen LogP contribution in [0, 0.1) is 0 Å². The quantitative estimate of drug-likeness (QED) is 0.705. The van der Waals surface area contributed by atoms with Crippen molar-refractivity contribution in [3.8, 4) is 5.75 Å².